The molecule has 0 fully saturated rings. The number of fused-ring (bicyclic) bond motifs is 1. The van der Waals surface area contributed by atoms with E-state index < -0.39 is 0 Å². The van der Waals surface area contributed by atoms with Gasteiger partial charge in [0.2, 0.25) is 6.79 Å². The van der Waals surface area contributed by atoms with Crippen molar-refractivity contribution in [3.05, 3.63) is 36.4 Å². The molecule has 3 rings (SSSR count). The molecule has 1 atom stereocenters. The van der Waals surface area contributed by atoms with Gasteiger partial charge >= 0.3 is 0 Å². The van der Waals surface area contributed by atoms with Crippen molar-refractivity contribution in [1.82, 2.24) is 20.1 Å². The summed E-state index contributed by atoms with van der Waals surface area (Å²) in [4.78, 5) is 16.0. The van der Waals surface area contributed by atoms with Crippen LogP contribution >= 0.6 is 0 Å². The summed E-state index contributed by atoms with van der Waals surface area (Å²) in [6.07, 6.45) is 3.08. The lowest BCUT2D eigenvalue weighted by atomic mass is 10.2. The molecule has 7 heteroatoms. The molecule has 0 saturated heterocycles. The molecule has 1 N–H and O–H groups in total. The van der Waals surface area contributed by atoms with E-state index in [0.29, 0.717) is 23.6 Å². The van der Waals surface area contributed by atoms with Crippen LogP contribution in [0.1, 0.15) is 17.3 Å². The van der Waals surface area contributed by atoms with Crippen LogP contribution in [0.5, 0.6) is 11.5 Å². The predicted octanol–water partition coefficient (Wildman–Crippen LogP) is 0.825. The van der Waals surface area contributed by atoms with E-state index in [1.165, 1.54) is 6.33 Å². The lowest BCUT2D eigenvalue weighted by Gasteiger charge is -2.13. The third kappa shape index (κ3) is 2.56. The number of benzene rings is 1. The van der Waals surface area contributed by atoms with Crippen LogP contribution in [-0.4, -0.2) is 33.5 Å². The van der Waals surface area contributed by atoms with Gasteiger partial charge in [0.1, 0.15) is 12.7 Å². The van der Waals surface area contributed by atoms with Crippen molar-refractivity contribution >= 4 is 5.91 Å². The van der Waals surface area contributed by atoms with Crippen LogP contribution in [0.2, 0.25) is 0 Å². The molecular formula is C13H14N4O3. The Bertz CT molecular complexity index is 612. The predicted molar refractivity (Wildman–Crippen MR) is 69.5 cm³/mol. The SMILES string of the molecule is C[C@H](Cn1cncn1)NC(=O)c1ccc2c(c1)OCO2. The van der Waals surface area contributed by atoms with Gasteiger partial charge in [-0.15, -0.1) is 0 Å². The summed E-state index contributed by atoms with van der Waals surface area (Å²) in [7, 11) is 0. The van der Waals surface area contributed by atoms with Crippen molar-refractivity contribution in [3.63, 3.8) is 0 Å². The molecular weight excluding hydrogens is 260 g/mol. The van der Waals surface area contributed by atoms with Gasteiger partial charge < -0.3 is 14.8 Å². The van der Waals surface area contributed by atoms with Gasteiger partial charge in [-0.3, -0.25) is 9.48 Å². The lowest BCUT2D eigenvalue weighted by molar-refractivity contribution is 0.0935. The number of ether oxygens (including phenoxy) is 2. The molecule has 1 aliphatic rings. The highest BCUT2D eigenvalue weighted by molar-refractivity contribution is 5.95. The van der Waals surface area contributed by atoms with E-state index in [9.17, 15) is 4.79 Å². The average Bonchev–Trinajstić information content (AvgIpc) is 3.07. The summed E-state index contributed by atoms with van der Waals surface area (Å²) < 4.78 is 12.1. The minimum Gasteiger partial charge on any atom is -0.454 e. The van der Waals surface area contributed by atoms with Crippen LogP contribution in [0, 0.1) is 0 Å². The van der Waals surface area contributed by atoms with Crippen LogP contribution in [0.3, 0.4) is 0 Å². The molecule has 7 nitrogen and oxygen atoms in total. The van der Waals surface area contributed by atoms with Crippen molar-refractivity contribution in [2.45, 2.75) is 19.5 Å². The molecule has 0 spiro atoms. The Kier molecular flexibility index (Phi) is 3.24. The number of aromatic nitrogens is 3. The number of carbonyl (C=O) groups is 1. The standard InChI is InChI=1S/C13H14N4O3/c1-9(5-17-7-14-6-15-17)16-13(18)10-2-3-11-12(4-10)20-8-19-11/h2-4,6-7,9H,5,8H2,1H3,(H,16,18)/t9-/m1/s1. The molecule has 0 bridgehead atoms. The maximum Gasteiger partial charge on any atom is 0.251 e. The van der Waals surface area contributed by atoms with Gasteiger partial charge in [0, 0.05) is 11.6 Å². The van der Waals surface area contributed by atoms with Crippen LogP contribution in [0.15, 0.2) is 30.9 Å². The van der Waals surface area contributed by atoms with Gasteiger partial charge in [-0.2, -0.15) is 5.10 Å². The number of amides is 1. The number of hydrogen-bond acceptors (Lipinski definition) is 5. The van der Waals surface area contributed by atoms with Crippen molar-refractivity contribution in [2.75, 3.05) is 6.79 Å². The van der Waals surface area contributed by atoms with Crippen molar-refractivity contribution in [2.24, 2.45) is 0 Å². The molecule has 1 aromatic heterocycles. The smallest absolute Gasteiger partial charge is 0.251 e. The van der Waals surface area contributed by atoms with Crippen molar-refractivity contribution < 1.29 is 14.3 Å². The fourth-order valence-corrected chi connectivity index (χ4v) is 2.00. The molecule has 0 aliphatic carbocycles. The first-order chi connectivity index (χ1) is 9.72. The Balaban J connectivity index is 1.64. The molecule has 2 aromatic rings. The second-order valence-electron chi connectivity index (χ2n) is 4.56. The minimum atomic E-state index is -0.157. The molecule has 1 amide bonds. The molecule has 104 valence electrons. The van der Waals surface area contributed by atoms with E-state index >= 15 is 0 Å². The lowest BCUT2D eigenvalue weighted by Crippen LogP contribution is -2.35. The Labute approximate surface area is 115 Å². The van der Waals surface area contributed by atoms with E-state index in [1.54, 1.807) is 29.2 Å². The highest BCUT2D eigenvalue weighted by atomic mass is 16.7. The number of rotatable bonds is 4. The Morgan fingerprint density at radius 2 is 2.30 bits per heavy atom. The van der Waals surface area contributed by atoms with Crippen LogP contribution in [0.25, 0.3) is 0 Å². The van der Waals surface area contributed by atoms with Crippen molar-refractivity contribution in [3.8, 4) is 11.5 Å². The van der Waals surface area contributed by atoms with Crippen molar-refractivity contribution in [1.29, 1.82) is 0 Å². The van der Waals surface area contributed by atoms with Crippen LogP contribution in [-0.2, 0) is 6.54 Å². The normalized spacial score (nSPS) is 14.1. The second kappa shape index (κ2) is 5.20. The highest BCUT2D eigenvalue weighted by Gasteiger charge is 2.17. The number of nitrogens with zero attached hydrogens (tertiary/aromatic N) is 3. The molecule has 1 aliphatic heterocycles. The van der Waals surface area contributed by atoms with E-state index in [0.717, 1.165) is 0 Å². The molecule has 2 heterocycles. The fraction of sp³-hybridized carbons (Fsp3) is 0.308. The van der Waals surface area contributed by atoms with E-state index in [-0.39, 0.29) is 18.7 Å². The number of hydrogen-bond donors (Lipinski definition) is 1. The number of nitrogens with one attached hydrogen (secondary N) is 1. The summed E-state index contributed by atoms with van der Waals surface area (Å²) in [5.74, 6) is 1.11. The van der Waals surface area contributed by atoms with Gasteiger partial charge in [0.15, 0.2) is 11.5 Å². The quantitative estimate of drug-likeness (QED) is 0.893. The summed E-state index contributed by atoms with van der Waals surface area (Å²) in [5.41, 5.74) is 0.541. The Morgan fingerprint density at radius 3 is 3.10 bits per heavy atom. The average molecular weight is 274 g/mol. The maximum atomic E-state index is 12.1. The fourth-order valence-electron chi connectivity index (χ4n) is 2.00. The summed E-state index contributed by atoms with van der Waals surface area (Å²) in [5, 5.41) is 6.90. The largest absolute Gasteiger partial charge is 0.454 e. The first-order valence-corrected chi connectivity index (χ1v) is 6.25. The third-order valence-electron chi connectivity index (χ3n) is 2.94. The zero-order chi connectivity index (χ0) is 13.9. The maximum absolute atomic E-state index is 12.1. The molecule has 20 heavy (non-hydrogen) atoms. The summed E-state index contributed by atoms with van der Waals surface area (Å²) >= 11 is 0. The topological polar surface area (TPSA) is 78.3 Å². The molecule has 0 saturated carbocycles. The first-order valence-electron chi connectivity index (χ1n) is 6.25. The monoisotopic (exact) mass is 274 g/mol. The second-order valence-corrected chi connectivity index (χ2v) is 4.56. The molecule has 1 aromatic carbocycles. The minimum absolute atomic E-state index is 0.0605. The van der Waals surface area contributed by atoms with E-state index in [1.807, 2.05) is 6.92 Å². The van der Waals surface area contributed by atoms with E-state index in [2.05, 4.69) is 15.4 Å². The van der Waals surface area contributed by atoms with Crippen LogP contribution in [0.4, 0.5) is 0 Å². The van der Waals surface area contributed by atoms with Gasteiger partial charge in [-0.25, -0.2) is 4.98 Å². The first kappa shape index (κ1) is 12.5. The molecule has 0 unspecified atom stereocenters. The van der Waals surface area contributed by atoms with Gasteiger partial charge in [0.05, 0.1) is 6.54 Å². The zero-order valence-corrected chi connectivity index (χ0v) is 10.9. The number of carbonyl (C=O) groups excluding carboxylic acids is 1. The third-order valence-corrected chi connectivity index (χ3v) is 2.94. The zero-order valence-electron chi connectivity index (χ0n) is 10.9. The van der Waals surface area contributed by atoms with Gasteiger partial charge in [0.25, 0.3) is 5.91 Å². The highest BCUT2D eigenvalue weighted by Crippen LogP contribution is 2.32. The van der Waals surface area contributed by atoms with Crippen LogP contribution < -0.4 is 14.8 Å². The van der Waals surface area contributed by atoms with E-state index in [4.69, 9.17) is 9.47 Å². The Morgan fingerprint density at radius 1 is 1.45 bits per heavy atom. The molecule has 0 radical (unpaired) electrons. The van der Waals surface area contributed by atoms with Gasteiger partial charge in [-0.1, -0.05) is 0 Å². The Hall–Kier alpha value is -2.57. The summed E-state index contributed by atoms with van der Waals surface area (Å²) in [6, 6.07) is 5.07. The summed E-state index contributed by atoms with van der Waals surface area (Å²) in [6.45, 7) is 2.67. The van der Waals surface area contributed by atoms with Gasteiger partial charge in [-0.05, 0) is 25.1 Å².